The molecule has 0 aliphatic heterocycles. The number of esters is 8. The smallest absolute Gasteiger partial charge is 0.339 e. The molecule has 5 aliphatic rings. The molecule has 16 nitrogen and oxygen atoms in total. The monoisotopic (exact) mass is 1660 g/mol. The molecule has 0 saturated heterocycles. The predicted molar refractivity (Wildman–Crippen MR) is 447 cm³/mol. The van der Waals surface area contributed by atoms with Gasteiger partial charge in [0.15, 0.2) is 5.60 Å². The summed E-state index contributed by atoms with van der Waals surface area (Å²) in [5, 5.41) is 0. The van der Waals surface area contributed by atoms with E-state index in [1.54, 1.807) is 42.5 Å². The summed E-state index contributed by atoms with van der Waals surface area (Å²) in [7, 11) is 0. The highest BCUT2D eigenvalue weighted by atomic mass is 127. The van der Waals surface area contributed by atoms with Crippen molar-refractivity contribution in [2.45, 2.75) is 225 Å². The summed E-state index contributed by atoms with van der Waals surface area (Å²) in [6.07, 6.45) is 35.6. The van der Waals surface area contributed by atoms with Crippen molar-refractivity contribution in [3.8, 4) is 59.4 Å². The van der Waals surface area contributed by atoms with Gasteiger partial charge in [0, 0.05) is 45.5 Å². The predicted octanol–water partition coefficient (Wildman–Crippen LogP) is 19.7. The quantitative estimate of drug-likeness (QED) is 0.00796. The topological polar surface area (TPSA) is 210 Å². The van der Waals surface area contributed by atoms with E-state index in [0.29, 0.717) is 141 Å². The number of terminal acetylenes is 1. The fourth-order valence-electron chi connectivity index (χ4n) is 15.8. The van der Waals surface area contributed by atoms with E-state index >= 15 is 0 Å². The van der Waals surface area contributed by atoms with Crippen LogP contribution in [0.15, 0.2) is 141 Å². The van der Waals surface area contributed by atoms with Gasteiger partial charge in [-0.05, 0) is 315 Å². The maximum Gasteiger partial charge on any atom is 0.339 e. The fraction of sp³-hybridized carbons (Fsp3) is 0.485. The van der Waals surface area contributed by atoms with Gasteiger partial charge in [-0.3, -0.25) is 19.2 Å². The van der Waals surface area contributed by atoms with Gasteiger partial charge in [0.1, 0.15) is 17.6 Å². The van der Waals surface area contributed by atoms with Crippen molar-refractivity contribution in [2.75, 3.05) is 26.4 Å². The van der Waals surface area contributed by atoms with Gasteiger partial charge in [-0.15, -0.1) is 6.42 Å². The van der Waals surface area contributed by atoms with Gasteiger partial charge in [0.05, 0.1) is 64.8 Å². The number of benzene rings is 5. The third kappa shape index (κ3) is 29.3. The summed E-state index contributed by atoms with van der Waals surface area (Å²) < 4.78 is 45.1. The van der Waals surface area contributed by atoms with Crippen molar-refractivity contribution in [3.05, 3.63) is 189 Å². The Morgan fingerprint density at radius 2 is 0.851 bits per heavy atom. The summed E-state index contributed by atoms with van der Waals surface area (Å²) in [6.45, 7) is 12.4. The first-order chi connectivity index (χ1) is 55.4. The van der Waals surface area contributed by atoms with E-state index in [-0.39, 0.29) is 72.8 Å². The van der Waals surface area contributed by atoms with Crippen molar-refractivity contribution in [2.24, 2.45) is 47.3 Å². The van der Waals surface area contributed by atoms with Crippen LogP contribution in [-0.4, -0.2) is 85.9 Å². The Labute approximate surface area is 688 Å². The largest absolute Gasteiger partial charge is 0.465 e. The van der Waals surface area contributed by atoms with Crippen LogP contribution in [0, 0.1) is 98.8 Å². The molecule has 10 rings (SSSR count). The van der Waals surface area contributed by atoms with E-state index in [4.69, 9.17) is 44.3 Å². The minimum Gasteiger partial charge on any atom is -0.465 e. The molecular weight excluding hydrogens is 1550 g/mol. The first kappa shape index (κ1) is 88.3. The average Bonchev–Trinajstić information content (AvgIpc) is 0.790. The maximum atomic E-state index is 13.9. The lowest BCUT2D eigenvalue weighted by molar-refractivity contribution is -0.152. The lowest BCUT2D eigenvalue weighted by Gasteiger charge is -2.41. The van der Waals surface area contributed by atoms with E-state index in [2.05, 4.69) is 91.0 Å². The Balaban J connectivity index is 0.000000301. The van der Waals surface area contributed by atoms with Crippen LogP contribution in [0.1, 0.15) is 267 Å². The molecule has 0 radical (unpaired) electrons. The van der Waals surface area contributed by atoms with Crippen LogP contribution in [0.5, 0.6) is 11.5 Å². The zero-order valence-corrected chi connectivity index (χ0v) is 68.6. The lowest BCUT2D eigenvalue weighted by atomic mass is 9.67. The highest BCUT2D eigenvalue weighted by molar-refractivity contribution is 14.1. The summed E-state index contributed by atoms with van der Waals surface area (Å²) in [5.41, 5.74) is 5.07. The molecule has 0 bridgehead atoms. The third-order valence-electron chi connectivity index (χ3n) is 22.7. The number of unbranched alkanes of at least 4 members (excludes halogenated alkanes) is 5. The van der Waals surface area contributed by atoms with Crippen LogP contribution in [0.3, 0.4) is 0 Å². The second-order valence-corrected chi connectivity index (χ2v) is 32.1. The summed E-state index contributed by atoms with van der Waals surface area (Å²) in [6, 6.07) is 34.9. The molecule has 114 heavy (non-hydrogen) atoms. The molecule has 0 spiro atoms. The number of carbonyl (C=O) groups is 8. The van der Waals surface area contributed by atoms with Gasteiger partial charge >= 0.3 is 47.8 Å². The van der Waals surface area contributed by atoms with Gasteiger partial charge in [0.2, 0.25) is 0 Å². The lowest BCUT2D eigenvalue weighted by Crippen LogP contribution is -2.39. The standard InChI is InChI=1S/C64H66O8.C33H45IO8/c1-4-10-48-27-29-54(30-28-48)55-40-43-64(44-41-55,42-39-53-25-23-52(24-26-53)22-21-51-19-17-50(18-20-51)16-15-49-13-11-47(5-2)12-14-49)72-63(68)58-35-37-59(38-36-58)71-62(67)57-33-31-56(32-34-57)61(66)70-46-9-7-8-45-69-60(65)6-3;1-3-5-6-9-23-10-17-27(18-11-23)41-33(38)26-16-19-29(28(34)22-26)42-32(37)25-14-12-24(13-15-25)31(36)40-21-8-7-20-39-30(35)4-2/h2,6,11-14,17-20,23-26,35-38,48,54-57H,3-4,7-10,27-34,40-41,43-46H2,1H3;4,16,19,22-25,27H,2-3,5-15,17-18,20-21H2,1H3. The molecule has 17 heteroatoms. The molecule has 5 aromatic rings. The molecule has 5 fully saturated rings. The molecule has 0 aromatic heterocycles. The summed E-state index contributed by atoms with van der Waals surface area (Å²) in [4.78, 5) is 100.0. The number of carbonyl (C=O) groups excluding carboxylic acids is 8. The highest BCUT2D eigenvalue weighted by Gasteiger charge is 2.41. The number of rotatable bonds is 30. The zero-order valence-electron chi connectivity index (χ0n) is 66.5. The average molecular weight is 1660 g/mol. The van der Waals surface area contributed by atoms with Crippen LogP contribution in [0.4, 0.5) is 0 Å². The first-order valence-electron chi connectivity index (χ1n) is 41.4. The molecule has 5 aromatic carbocycles. The minimum atomic E-state index is -0.936. The first-order valence-corrected chi connectivity index (χ1v) is 42.5. The van der Waals surface area contributed by atoms with Crippen molar-refractivity contribution in [1.82, 2.24) is 0 Å². The van der Waals surface area contributed by atoms with Crippen LogP contribution in [0.2, 0.25) is 0 Å². The van der Waals surface area contributed by atoms with Gasteiger partial charge < -0.3 is 37.9 Å². The van der Waals surface area contributed by atoms with E-state index in [1.165, 1.54) is 64.2 Å². The van der Waals surface area contributed by atoms with Crippen LogP contribution in [0.25, 0.3) is 0 Å². The van der Waals surface area contributed by atoms with E-state index in [0.717, 1.165) is 102 Å². The second kappa shape index (κ2) is 47.2. The second-order valence-electron chi connectivity index (χ2n) is 30.9. The van der Waals surface area contributed by atoms with Crippen LogP contribution in [-0.2, 0) is 57.2 Å². The fourth-order valence-corrected chi connectivity index (χ4v) is 16.4. The normalized spacial score (nSPS) is 21.5. The molecule has 0 amide bonds. The molecule has 5 aliphatic carbocycles. The Hall–Kier alpha value is -9.69. The SMILES string of the molecule is C#Cc1ccc(C#Cc2ccc(C#Cc3ccc(C#CC4(OC(=O)c5ccc(OC(=O)C6CCC(C(=O)OCCCCCOC(=O)C=C)CC6)cc5)CCC(C5CCC(CCC)CC5)CC4)cc3)cc2)cc1.C=CC(=O)OCCCCOC(=O)C1CCC(C(=O)Oc2ccc(C(=O)OC3CCC(CCCCC)CC3)cc2I)CC1. The number of hydrogen-bond donors (Lipinski definition) is 0. The van der Waals surface area contributed by atoms with Crippen LogP contribution < -0.4 is 9.47 Å². The zero-order chi connectivity index (χ0) is 80.9. The molecular formula is C97H111IO16. The van der Waals surface area contributed by atoms with Crippen molar-refractivity contribution in [1.29, 1.82) is 0 Å². The van der Waals surface area contributed by atoms with E-state index in [1.807, 2.05) is 72.8 Å². The van der Waals surface area contributed by atoms with Gasteiger partial charge in [0.25, 0.3) is 0 Å². The number of halogens is 1. The van der Waals surface area contributed by atoms with Crippen LogP contribution >= 0.6 is 22.6 Å². The Bertz CT molecular complexity index is 4250. The third-order valence-corrected chi connectivity index (χ3v) is 23.6. The number of hydrogen-bond acceptors (Lipinski definition) is 16. The Kier molecular flexibility index (Phi) is 36.6. The molecule has 0 N–H and O–H groups in total. The van der Waals surface area contributed by atoms with Crippen molar-refractivity contribution < 1.29 is 76.3 Å². The molecule has 0 heterocycles. The van der Waals surface area contributed by atoms with Gasteiger partial charge in [-0.1, -0.05) is 114 Å². The molecule has 0 unspecified atom stereocenters. The van der Waals surface area contributed by atoms with Gasteiger partial charge in [-0.2, -0.15) is 0 Å². The Morgan fingerprint density at radius 1 is 0.430 bits per heavy atom. The number of ether oxygens (including phenoxy) is 8. The van der Waals surface area contributed by atoms with E-state index in [9.17, 15) is 38.4 Å². The molecule has 602 valence electrons. The molecule has 0 atom stereocenters. The highest BCUT2D eigenvalue weighted by Crippen LogP contribution is 2.45. The molecule has 5 saturated carbocycles. The Morgan fingerprint density at radius 3 is 1.32 bits per heavy atom. The summed E-state index contributed by atoms with van der Waals surface area (Å²) in [5.74, 6) is 22.0. The van der Waals surface area contributed by atoms with Gasteiger partial charge in [-0.25, -0.2) is 19.2 Å². The minimum absolute atomic E-state index is 0.0311. The summed E-state index contributed by atoms with van der Waals surface area (Å²) >= 11 is 2.08. The van der Waals surface area contributed by atoms with Crippen molar-refractivity contribution >= 4 is 70.3 Å². The van der Waals surface area contributed by atoms with E-state index < -0.39 is 23.5 Å². The maximum absolute atomic E-state index is 13.9. The van der Waals surface area contributed by atoms with Crippen molar-refractivity contribution in [3.63, 3.8) is 0 Å².